The van der Waals surface area contributed by atoms with Crippen LogP contribution in [0.5, 0.6) is 11.5 Å². The van der Waals surface area contributed by atoms with Crippen molar-refractivity contribution < 1.29 is 9.47 Å². The second kappa shape index (κ2) is 6.04. The minimum Gasteiger partial charge on any atom is -0.494 e. The minimum absolute atomic E-state index is 0.146. The number of nitrogens with one attached hydrogen (secondary N) is 1. The van der Waals surface area contributed by atoms with Gasteiger partial charge in [0.25, 0.3) is 0 Å². The van der Waals surface area contributed by atoms with Gasteiger partial charge in [0.1, 0.15) is 17.6 Å². The van der Waals surface area contributed by atoms with Gasteiger partial charge in [-0.2, -0.15) is 0 Å². The van der Waals surface area contributed by atoms with Crippen molar-refractivity contribution in [1.82, 2.24) is 5.32 Å². The van der Waals surface area contributed by atoms with Gasteiger partial charge in [0.15, 0.2) is 0 Å². The summed E-state index contributed by atoms with van der Waals surface area (Å²) in [5.74, 6) is 2.05. The molecule has 1 unspecified atom stereocenters. The molecular weight excluding hydrogens is 250 g/mol. The molecule has 0 fully saturated rings. The molecule has 1 aliphatic rings. The summed E-state index contributed by atoms with van der Waals surface area (Å²) in [4.78, 5) is 0. The van der Waals surface area contributed by atoms with E-state index in [4.69, 9.17) is 9.47 Å². The first-order valence-electron chi connectivity index (χ1n) is 7.59. The summed E-state index contributed by atoms with van der Waals surface area (Å²) in [5, 5.41) is 3.52. The molecule has 3 heteroatoms. The number of ether oxygens (including phenoxy) is 2. The predicted molar refractivity (Wildman–Crippen MR) is 82.9 cm³/mol. The average molecular weight is 277 g/mol. The van der Waals surface area contributed by atoms with Gasteiger partial charge in [-0.15, -0.1) is 0 Å². The quantitative estimate of drug-likeness (QED) is 0.895. The van der Waals surface area contributed by atoms with E-state index in [-0.39, 0.29) is 11.6 Å². The molecular formula is C17H27NO2. The molecule has 0 aromatic heterocycles. The maximum absolute atomic E-state index is 5.85. The van der Waals surface area contributed by atoms with Crippen molar-refractivity contribution >= 4 is 0 Å². The fourth-order valence-electron chi connectivity index (χ4n) is 2.54. The standard InChI is InChI=1S/C17H27NO2/c1-6-19-15-11-14-9-12(2)20-16(14)10-13(15)7-8-18-17(3,4)5/h10-12,18H,6-9H2,1-5H3. The Morgan fingerprint density at radius 3 is 2.75 bits per heavy atom. The number of benzene rings is 1. The summed E-state index contributed by atoms with van der Waals surface area (Å²) in [7, 11) is 0. The highest BCUT2D eigenvalue weighted by atomic mass is 16.5. The highest BCUT2D eigenvalue weighted by Crippen LogP contribution is 2.35. The minimum atomic E-state index is 0.146. The first-order valence-corrected chi connectivity index (χ1v) is 7.59. The van der Waals surface area contributed by atoms with Gasteiger partial charge in [0, 0.05) is 17.5 Å². The molecule has 1 aliphatic heterocycles. The lowest BCUT2D eigenvalue weighted by molar-refractivity contribution is 0.254. The van der Waals surface area contributed by atoms with Crippen LogP contribution in [-0.2, 0) is 12.8 Å². The third-order valence-electron chi connectivity index (χ3n) is 3.43. The van der Waals surface area contributed by atoms with Crippen molar-refractivity contribution in [1.29, 1.82) is 0 Å². The Hall–Kier alpha value is -1.22. The average Bonchev–Trinajstić information content (AvgIpc) is 2.67. The molecule has 0 radical (unpaired) electrons. The molecule has 20 heavy (non-hydrogen) atoms. The van der Waals surface area contributed by atoms with Gasteiger partial charge in [-0.3, -0.25) is 0 Å². The predicted octanol–water partition coefficient (Wildman–Crippen LogP) is 3.34. The molecule has 0 bridgehead atoms. The monoisotopic (exact) mass is 277 g/mol. The lowest BCUT2D eigenvalue weighted by atomic mass is 10.0. The Bertz CT molecular complexity index is 463. The topological polar surface area (TPSA) is 30.5 Å². The van der Waals surface area contributed by atoms with E-state index in [0.717, 1.165) is 30.9 Å². The fourth-order valence-corrected chi connectivity index (χ4v) is 2.54. The van der Waals surface area contributed by atoms with Gasteiger partial charge in [-0.1, -0.05) is 0 Å². The Morgan fingerprint density at radius 1 is 1.35 bits per heavy atom. The van der Waals surface area contributed by atoms with Crippen molar-refractivity contribution in [3.63, 3.8) is 0 Å². The summed E-state index contributed by atoms with van der Waals surface area (Å²) < 4.78 is 11.6. The van der Waals surface area contributed by atoms with E-state index in [0.29, 0.717) is 6.61 Å². The van der Waals surface area contributed by atoms with Crippen molar-refractivity contribution in [2.75, 3.05) is 13.2 Å². The molecule has 1 N–H and O–H groups in total. The normalized spacial score (nSPS) is 17.8. The fraction of sp³-hybridized carbons (Fsp3) is 0.647. The van der Waals surface area contributed by atoms with Crippen LogP contribution in [0, 0.1) is 0 Å². The zero-order chi connectivity index (χ0) is 14.8. The van der Waals surface area contributed by atoms with Crippen LogP contribution in [0.2, 0.25) is 0 Å². The molecule has 1 atom stereocenters. The largest absolute Gasteiger partial charge is 0.494 e. The Balaban J connectivity index is 2.12. The maximum atomic E-state index is 5.85. The van der Waals surface area contributed by atoms with Crippen LogP contribution < -0.4 is 14.8 Å². The molecule has 1 aromatic rings. The van der Waals surface area contributed by atoms with E-state index in [1.807, 2.05) is 6.92 Å². The lowest BCUT2D eigenvalue weighted by Crippen LogP contribution is -2.37. The molecule has 0 saturated carbocycles. The second-order valence-corrected chi connectivity index (χ2v) is 6.56. The maximum Gasteiger partial charge on any atom is 0.123 e. The molecule has 0 aliphatic carbocycles. The third-order valence-corrected chi connectivity index (χ3v) is 3.43. The molecule has 2 rings (SSSR count). The van der Waals surface area contributed by atoms with Crippen LogP contribution in [-0.4, -0.2) is 24.8 Å². The molecule has 1 heterocycles. The first kappa shape index (κ1) is 15.2. The van der Waals surface area contributed by atoms with Gasteiger partial charge in [0.2, 0.25) is 0 Å². The van der Waals surface area contributed by atoms with Crippen LogP contribution in [0.15, 0.2) is 12.1 Å². The van der Waals surface area contributed by atoms with Crippen LogP contribution in [0.1, 0.15) is 45.7 Å². The van der Waals surface area contributed by atoms with Crippen LogP contribution >= 0.6 is 0 Å². The highest BCUT2D eigenvalue weighted by Gasteiger charge is 2.21. The second-order valence-electron chi connectivity index (χ2n) is 6.56. The number of hydrogen-bond acceptors (Lipinski definition) is 3. The molecule has 0 spiro atoms. The molecule has 0 amide bonds. The summed E-state index contributed by atoms with van der Waals surface area (Å²) in [6.45, 7) is 12.3. The van der Waals surface area contributed by atoms with Crippen molar-refractivity contribution in [3.05, 3.63) is 23.3 Å². The Labute approximate surface area is 122 Å². The number of rotatable bonds is 5. The lowest BCUT2D eigenvalue weighted by Gasteiger charge is -2.21. The third kappa shape index (κ3) is 3.89. The zero-order valence-electron chi connectivity index (χ0n) is 13.4. The van der Waals surface area contributed by atoms with Crippen molar-refractivity contribution in [3.8, 4) is 11.5 Å². The summed E-state index contributed by atoms with van der Waals surface area (Å²) in [6, 6.07) is 4.32. The van der Waals surface area contributed by atoms with Gasteiger partial charge in [-0.25, -0.2) is 0 Å². The first-order chi connectivity index (χ1) is 9.39. The van der Waals surface area contributed by atoms with E-state index in [1.165, 1.54) is 11.1 Å². The molecule has 112 valence electrons. The molecule has 3 nitrogen and oxygen atoms in total. The Morgan fingerprint density at radius 2 is 2.10 bits per heavy atom. The van der Waals surface area contributed by atoms with Crippen molar-refractivity contribution in [2.45, 2.75) is 59.1 Å². The highest BCUT2D eigenvalue weighted by molar-refractivity contribution is 5.48. The van der Waals surface area contributed by atoms with Gasteiger partial charge in [0.05, 0.1) is 6.61 Å². The Kier molecular flexibility index (Phi) is 4.59. The van der Waals surface area contributed by atoms with E-state index < -0.39 is 0 Å². The van der Waals surface area contributed by atoms with Gasteiger partial charge in [-0.05, 0) is 65.3 Å². The number of fused-ring (bicyclic) bond motifs is 1. The smallest absolute Gasteiger partial charge is 0.123 e. The van der Waals surface area contributed by atoms with Crippen LogP contribution in [0.3, 0.4) is 0 Å². The zero-order valence-corrected chi connectivity index (χ0v) is 13.4. The van der Waals surface area contributed by atoms with E-state index in [1.54, 1.807) is 0 Å². The van der Waals surface area contributed by atoms with Crippen LogP contribution in [0.25, 0.3) is 0 Å². The summed E-state index contributed by atoms with van der Waals surface area (Å²) in [5.41, 5.74) is 2.65. The van der Waals surface area contributed by atoms with E-state index >= 15 is 0 Å². The SMILES string of the molecule is CCOc1cc2c(cc1CCNC(C)(C)C)OC(C)C2. The summed E-state index contributed by atoms with van der Waals surface area (Å²) >= 11 is 0. The van der Waals surface area contributed by atoms with E-state index in [9.17, 15) is 0 Å². The molecule has 1 aromatic carbocycles. The summed E-state index contributed by atoms with van der Waals surface area (Å²) in [6.07, 6.45) is 2.22. The van der Waals surface area contributed by atoms with Crippen LogP contribution in [0.4, 0.5) is 0 Å². The van der Waals surface area contributed by atoms with Gasteiger partial charge >= 0.3 is 0 Å². The molecule has 0 saturated heterocycles. The van der Waals surface area contributed by atoms with Gasteiger partial charge < -0.3 is 14.8 Å². The van der Waals surface area contributed by atoms with Crippen molar-refractivity contribution in [2.24, 2.45) is 0 Å². The van der Waals surface area contributed by atoms with E-state index in [2.05, 4.69) is 45.1 Å². The number of hydrogen-bond donors (Lipinski definition) is 1.